The highest BCUT2D eigenvalue weighted by atomic mass is 16.5. The molecule has 7 nitrogen and oxygen atoms in total. The van der Waals surface area contributed by atoms with Gasteiger partial charge in [0.1, 0.15) is 6.61 Å². The smallest absolute Gasteiger partial charge is 0.258 e. The van der Waals surface area contributed by atoms with Crippen LogP contribution in [0.1, 0.15) is 22.3 Å². The minimum atomic E-state index is -0.179. The van der Waals surface area contributed by atoms with Gasteiger partial charge in [0.05, 0.1) is 14.2 Å². The van der Waals surface area contributed by atoms with Gasteiger partial charge in [-0.05, 0) is 66.4 Å². The maximum atomic E-state index is 12.6. The van der Waals surface area contributed by atoms with E-state index in [0.717, 1.165) is 37.3 Å². The normalized spacial score (nSPS) is 14.0. The van der Waals surface area contributed by atoms with E-state index in [1.165, 1.54) is 22.9 Å². The fourth-order valence-electron chi connectivity index (χ4n) is 4.23. The summed E-state index contributed by atoms with van der Waals surface area (Å²) in [5.41, 5.74) is 8.62. The van der Waals surface area contributed by atoms with Crippen molar-refractivity contribution in [2.45, 2.75) is 20.5 Å². The summed E-state index contributed by atoms with van der Waals surface area (Å²) in [5.74, 6) is 1.43. The lowest BCUT2D eigenvalue weighted by molar-refractivity contribution is -0.121. The van der Waals surface area contributed by atoms with Crippen LogP contribution in [-0.2, 0) is 11.4 Å². The molecule has 0 unspecified atom stereocenters. The lowest BCUT2D eigenvalue weighted by atomic mass is 10.1. The van der Waals surface area contributed by atoms with Gasteiger partial charge in [-0.25, -0.2) is 5.01 Å². The number of nitrogens with zero attached hydrogens (tertiary/aromatic N) is 2. The van der Waals surface area contributed by atoms with Gasteiger partial charge >= 0.3 is 0 Å². The molecule has 4 rings (SSSR count). The molecule has 0 atom stereocenters. The zero-order chi connectivity index (χ0) is 26.2. The molecule has 1 saturated heterocycles. The molecule has 0 spiro atoms. The van der Waals surface area contributed by atoms with Gasteiger partial charge in [0.15, 0.2) is 11.5 Å². The molecule has 0 aliphatic carbocycles. The van der Waals surface area contributed by atoms with E-state index in [1.54, 1.807) is 20.3 Å². The molecule has 1 heterocycles. The quantitative estimate of drug-likeness (QED) is 0.427. The van der Waals surface area contributed by atoms with Crippen molar-refractivity contribution in [1.82, 2.24) is 10.4 Å². The number of nitrogens with one attached hydrogen (secondary N) is 1. The number of rotatable bonds is 9. The number of carbonyl (C=O) groups is 1. The Bertz CT molecular complexity index is 1210. The van der Waals surface area contributed by atoms with Gasteiger partial charge in [-0.1, -0.05) is 36.4 Å². The Kier molecular flexibility index (Phi) is 8.69. The summed E-state index contributed by atoms with van der Waals surface area (Å²) < 4.78 is 17.1. The van der Waals surface area contributed by atoms with Crippen LogP contribution in [0.3, 0.4) is 0 Å². The number of amides is 1. The Labute approximate surface area is 219 Å². The van der Waals surface area contributed by atoms with Crippen molar-refractivity contribution in [3.05, 3.63) is 89.0 Å². The Balaban J connectivity index is 1.34. The molecule has 0 aromatic heterocycles. The van der Waals surface area contributed by atoms with Crippen LogP contribution < -0.4 is 24.5 Å². The van der Waals surface area contributed by atoms with Gasteiger partial charge < -0.3 is 19.1 Å². The third-order valence-corrected chi connectivity index (χ3v) is 6.54. The Hall–Kier alpha value is -3.97. The first-order valence-corrected chi connectivity index (χ1v) is 12.5. The van der Waals surface area contributed by atoms with E-state index in [9.17, 15) is 4.79 Å². The molecule has 1 aliphatic rings. The van der Waals surface area contributed by atoms with Gasteiger partial charge in [-0.15, -0.1) is 0 Å². The monoisotopic (exact) mass is 501 g/mol. The number of benzene rings is 3. The van der Waals surface area contributed by atoms with E-state index in [4.69, 9.17) is 14.2 Å². The Morgan fingerprint density at radius 3 is 2.19 bits per heavy atom. The summed E-state index contributed by atoms with van der Waals surface area (Å²) in [5, 5.41) is 1.96. The van der Waals surface area contributed by atoms with Crippen molar-refractivity contribution in [2.75, 3.05) is 45.3 Å². The number of carbonyl (C=O) groups excluding carboxylic acids is 1. The maximum Gasteiger partial charge on any atom is 0.258 e. The number of hydrazine groups is 1. The highest BCUT2D eigenvalue weighted by molar-refractivity contribution is 5.91. The van der Waals surface area contributed by atoms with Crippen LogP contribution in [0.2, 0.25) is 0 Å². The molecular weight excluding hydrogens is 466 g/mol. The molecule has 3 aromatic rings. The van der Waals surface area contributed by atoms with Crippen LogP contribution in [0.15, 0.2) is 66.7 Å². The third-order valence-electron chi connectivity index (χ3n) is 6.54. The number of hydrogen-bond acceptors (Lipinski definition) is 6. The Morgan fingerprint density at radius 2 is 1.57 bits per heavy atom. The largest absolute Gasteiger partial charge is 0.493 e. The fraction of sp³-hybridized carbons (Fsp3) is 0.300. The first-order valence-electron chi connectivity index (χ1n) is 12.5. The van der Waals surface area contributed by atoms with Crippen molar-refractivity contribution in [3.63, 3.8) is 0 Å². The predicted molar refractivity (Wildman–Crippen MR) is 147 cm³/mol. The summed E-state index contributed by atoms with van der Waals surface area (Å²) in [6.45, 7) is 7.86. The topological polar surface area (TPSA) is 63.3 Å². The minimum absolute atomic E-state index is 0.179. The minimum Gasteiger partial charge on any atom is -0.493 e. The lowest BCUT2D eigenvalue weighted by Crippen LogP contribution is -2.53. The van der Waals surface area contributed by atoms with Crippen molar-refractivity contribution in [3.8, 4) is 17.2 Å². The predicted octanol–water partition coefficient (Wildman–Crippen LogP) is 4.77. The number of aryl methyl sites for hydroxylation is 2. The Morgan fingerprint density at radius 1 is 0.892 bits per heavy atom. The molecule has 3 aromatic carbocycles. The second kappa shape index (κ2) is 12.3. The summed E-state index contributed by atoms with van der Waals surface area (Å²) in [6.07, 6.45) is 3.26. The summed E-state index contributed by atoms with van der Waals surface area (Å²) in [6, 6.07) is 20.1. The summed E-state index contributed by atoms with van der Waals surface area (Å²) in [4.78, 5) is 15.0. The number of ether oxygens (including phenoxy) is 3. The molecule has 1 fully saturated rings. The van der Waals surface area contributed by atoms with E-state index < -0.39 is 0 Å². The van der Waals surface area contributed by atoms with Gasteiger partial charge in [-0.3, -0.25) is 10.2 Å². The van der Waals surface area contributed by atoms with Gasteiger partial charge in [0.2, 0.25) is 5.75 Å². The van der Waals surface area contributed by atoms with E-state index in [0.29, 0.717) is 23.9 Å². The van der Waals surface area contributed by atoms with Crippen LogP contribution in [-0.4, -0.2) is 51.3 Å². The average molecular weight is 502 g/mol. The van der Waals surface area contributed by atoms with Crippen LogP contribution in [0.5, 0.6) is 17.2 Å². The molecule has 0 saturated carbocycles. The van der Waals surface area contributed by atoms with Crippen molar-refractivity contribution in [2.24, 2.45) is 0 Å². The molecule has 37 heavy (non-hydrogen) atoms. The molecular formula is C30H35N3O4. The summed E-state index contributed by atoms with van der Waals surface area (Å²) >= 11 is 0. The zero-order valence-corrected chi connectivity index (χ0v) is 22.0. The van der Waals surface area contributed by atoms with E-state index in [2.05, 4.69) is 42.4 Å². The average Bonchev–Trinajstić information content (AvgIpc) is 2.93. The van der Waals surface area contributed by atoms with E-state index in [-0.39, 0.29) is 5.91 Å². The second-order valence-electron chi connectivity index (χ2n) is 9.08. The van der Waals surface area contributed by atoms with Crippen LogP contribution in [0.25, 0.3) is 6.08 Å². The summed E-state index contributed by atoms with van der Waals surface area (Å²) in [7, 11) is 3.17. The number of methoxy groups -OCH3 is 2. The van der Waals surface area contributed by atoms with Crippen LogP contribution in [0, 0.1) is 13.8 Å². The fourth-order valence-corrected chi connectivity index (χ4v) is 4.23. The van der Waals surface area contributed by atoms with Gasteiger partial charge in [0.25, 0.3) is 5.91 Å². The van der Waals surface area contributed by atoms with E-state index in [1.807, 2.05) is 47.5 Å². The molecule has 194 valence electrons. The number of piperazine rings is 1. The first kappa shape index (κ1) is 26.1. The maximum absolute atomic E-state index is 12.6. The van der Waals surface area contributed by atoms with E-state index >= 15 is 0 Å². The van der Waals surface area contributed by atoms with Gasteiger partial charge in [0, 0.05) is 37.9 Å². The highest BCUT2D eigenvalue weighted by Gasteiger charge is 2.19. The SMILES string of the molecule is COc1cc(C=CC(=O)NN2CCN(c3ccc(C)c(C)c3)CC2)cc(OC)c1OCc1ccccc1. The molecule has 1 amide bonds. The first-order chi connectivity index (χ1) is 18.0. The lowest BCUT2D eigenvalue weighted by Gasteiger charge is -2.36. The zero-order valence-electron chi connectivity index (χ0n) is 22.0. The van der Waals surface area contributed by atoms with Crippen molar-refractivity contribution >= 4 is 17.7 Å². The molecule has 0 radical (unpaired) electrons. The molecule has 1 N–H and O–H groups in total. The van der Waals surface area contributed by atoms with Crippen molar-refractivity contribution < 1.29 is 19.0 Å². The second-order valence-corrected chi connectivity index (χ2v) is 9.08. The molecule has 7 heteroatoms. The van der Waals surface area contributed by atoms with Crippen molar-refractivity contribution in [1.29, 1.82) is 0 Å². The van der Waals surface area contributed by atoms with Gasteiger partial charge in [-0.2, -0.15) is 0 Å². The molecule has 1 aliphatic heterocycles. The number of anilines is 1. The number of hydrogen-bond donors (Lipinski definition) is 1. The standard InChI is InChI=1S/C30H35N3O4/c1-22-10-12-26(18-23(22)2)32-14-16-33(17-15-32)31-29(34)13-11-25-19-27(35-3)30(28(20-25)36-4)37-21-24-8-6-5-7-9-24/h5-13,18-20H,14-17,21H2,1-4H3,(H,31,34). The highest BCUT2D eigenvalue weighted by Crippen LogP contribution is 2.39. The molecule has 0 bridgehead atoms. The van der Waals surface area contributed by atoms with Crippen LogP contribution in [0.4, 0.5) is 5.69 Å². The third kappa shape index (κ3) is 6.83. The van der Waals surface area contributed by atoms with Crippen LogP contribution >= 0.6 is 0 Å².